The molecule has 4 aromatic heterocycles. The number of anilines is 1. The molecule has 10 heteroatoms. The van der Waals surface area contributed by atoms with Gasteiger partial charge < -0.3 is 29.0 Å². The zero-order chi connectivity index (χ0) is 26.7. The number of nitrogens with zero attached hydrogens (tertiary/aromatic N) is 3. The number of hydrogen-bond acceptors (Lipinski definition) is 5. The summed E-state index contributed by atoms with van der Waals surface area (Å²) in [4.78, 5) is 38.6. The van der Waals surface area contributed by atoms with Crippen molar-refractivity contribution in [3.63, 3.8) is 0 Å². The summed E-state index contributed by atoms with van der Waals surface area (Å²) in [5, 5.41) is 11.0. The number of carboxylic acid groups (broad SMARTS) is 1. The van der Waals surface area contributed by atoms with Gasteiger partial charge in [0, 0.05) is 31.4 Å². The highest BCUT2D eigenvalue weighted by atomic mass is 19.1. The second-order valence-corrected chi connectivity index (χ2v) is 9.90. The van der Waals surface area contributed by atoms with Crippen molar-refractivity contribution in [3.8, 4) is 11.1 Å². The molecule has 1 aliphatic rings. The van der Waals surface area contributed by atoms with E-state index in [2.05, 4.69) is 14.9 Å². The van der Waals surface area contributed by atoms with Crippen LogP contribution in [0.4, 0.5) is 10.3 Å². The molecule has 0 radical (unpaired) electrons. The maximum atomic E-state index is 15.2. The molecule has 0 bridgehead atoms. The van der Waals surface area contributed by atoms with Crippen LogP contribution in [0.5, 0.6) is 0 Å². The molecule has 0 atom stereocenters. The van der Waals surface area contributed by atoms with Crippen molar-refractivity contribution in [2.24, 2.45) is 0 Å². The highest BCUT2D eigenvalue weighted by Crippen LogP contribution is 2.40. The van der Waals surface area contributed by atoms with E-state index in [0.717, 1.165) is 48.5 Å². The number of rotatable bonds is 5. The van der Waals surface area contributed by atoms with Crippen LogP contribution in [0.3, 0.4) is 0 Å². The Bertz CT molecular complexity index is 1960. The number of aromatic nitrogens is 4. The number of halogens is 1. The van der Waals surface area contributed by atoms with Crippen LogP contribution in [0.1, 0.15) is 35.3 Å². The largest absolute Gasteiger partial charge is 0.477 e. The number of hydrogen-bond donors (Lipinski definition) is 3. The molecule has 3 N–H and O–H groups in total. The van der Waals surface area contributed by atoms with Crippen molar-refractivity contribution in [2.45, 2.75) is 25.8 Å². The summed E-state index contributed by atoms with van der Waals surface area (Å²) in [6, 6.07) is 11.7. The first-order chi connectivity index (χ1) is 19.0. The Labute approximate surface area is 220 Å². The van der Waals surface area contributed by atoms with E-state index < -0.39 is 17.3 Å². The lowest BCUT2D eigenvalue weighted by molar-refractivity contribution is 0.0687. The fraction of sp³-hybridized carbons (Fsp3) is 0.207. The average molecular weight is 526 g/mol. The SMILES string of the molecule is O=C(O)c1c(-c2ccc[nH]c2=O)c2c3occc3c(F)cc2n1Cc1ccc2nc(N3CCCCC3)[nH]c2c1. The van der Waals surface area contributed by atoms with E-state index in [1.807, 2.05) is 18.2 Å². The van der Waals surface area contributed by atoms with Gasteiger partial charge in [-0.15, -0.1) is 0 Å². The molecule has 0 aliphatic carbocycles. The maximum absolute atomic E-state index is 15.2. The zero-order valence-corrected chi connectivity index (χ0v) is 20.8. The molecule has 6 aromatic rings. The first-order valence-corrected chi connectivity index (χ1v) is 12.9. The highest BCUT2D eigenvalue weighted by molar-refractivity contribution is 6.17. The smallest absolute Gasteiger partial charge is 0.353 e. The lowest BCUT2D eigenvalue weighted by atomic mass is 10.0. The van der Waals surface area contributed by atoms with Gasteiger partial charge in [0.25, 0.3) is 5.56 Å². The van der Waals surface area contributed by atoms with Crippen LogP contribution in [-0.2, 0) is 6.54 Å². The lowest BCUT2D eigenvalue weighted by Crippen LogP contribution is -2.30. The number of nitrogens with one attached hydrogen (secondary N) is 2. The van der Waals surface area contributed by atoms with E-state index in [4.69, 9.17) is 9.40 Å². The van der Waals surface area contributed by atoms with E-state index in [-0.39, 0.29) is 34.3 Å². The number of H-pyrrole nitrogens is 2. The van der Waals surface area contributed by atoms with Crippen LogP contribution in [0.15, 0.2) is 64.1 Å². The summed E-state index contributed by atoms with van der Waals surface area (Å²) in [6.07, 6.45) is 6.32. The summed E-state index contributed by atoms with van der Waals surface area (Å²) < 4.78 is 22.4. The Morgan fingerprint density at radius 1 is 1.13 bits per heavy atom. The normalized spacial score (nSPS) is 14.1. The van der Waals surface area contributed by atoms with Crippen molar-refractivity contribution in [1.82, 2.24) is 19.5 Å². The van der Waals surface area contributed by atoms with E-state index in [1.54, 1.807) is 12.1 Å². The van der Waals surface area contributed by atoms with Crippen LogP contribution in [-0.4, -0.2) is 43.7 Å². The molecule has 2 aromatic carbocycles. The van der Waals surface area contributed by atoms with Gasteiger partial charge in [0.05, 0.1) is 39.1 Å². The Hall–Kier alpha value is -4.86. The van der Waals surface area contributed by atoms with Gasteiger partial charge >= 0.3 is 5.97 Å². The number of imidazole rings is 1. The molecule has 0 unspecified atom stereocenters. The predicted molar refractivity (Wildman–Crippen MR) is 146 cm³/mol. The Morgan fingerprint density at radius 3 is 2.77 bits per heavy atom. The first kappa shape index (κ1) is 23.3. The van der Waals surface area contributed by atoms with Gasteiger partial charge in [-0.1, -0.05) is 6.07 Å². The molecule has 39 heavy (non-hydrogen) atoms. The van der Waals surface area contributed by atoms with Crippen molar-refractivity contribution < 1.29 is 18.7 Å². The second-order valence-electron chi connectivity index (χ2n) is 9.90. The summed E-state index contributed by atoms with van der Waals surface area (Å²) in [7, 11) is 0. The van der Waals surface area contributed by atoms with Crippen LogP contribution in [0.25, 0.3) is 44.0 Å². The number of benzene rings is 2. The fourth-order valence-corrected chi connectivity index (χ4v) is 5.75. The predicted octanol–water partition coefficient (Wildman–Crippen LogP) is 5.50. The topological polar surface area (TPSA) is 120 Å². The van der Waals surface area contributed by atoms with Crippen molar-refractivity contribution in [2.75, 3.05) is 18.0 Å². The molecule has 1 saturated heterocycles. The fourth-order valence-electron chi connectivity index (χ4n) is 5.75. The number of aromatic amines is 2. The van der Waals surface area contributed by atoms with Crippen LogP contribution >= 0.6 is 0 Å². The van der Waals surface area contributed by atoms with Gasteiger partial charge in [-0.3, -0.25) is 4.79 Å². The van der Waals surface area contributed by atoms with Gasteiger partial charge in [0.2, 0.25) is 5.95 Å². The van der Waals surface area contributed by atoms with Crippen molar-refractivity contribution in [1.29, 1.82) is 0 Å². The monoisotopic (exact) mass is 525 g/mol. The summed E-state index contributed by atoms with van der Waals surface area (Å²) >= 11 is 0. The Morgan fingerprint density at radius 2 is 1.97 bits per heavy atom. The standard InChI is InChI=1S/C29H24FN5O4/c30-19-14-22-24(26-17(19)8-12-39-26)23(18-5-4-9-31-27(18)36)25(28(37)38)35(22)15-16-6-7-20-21(13-16)33-29(32-20)34-10-2-1-3-11-34/h4-9,12-14H,1-3,10-11,15H2,(H,31,36)(H,32,33)(H,37,38). The third-order valence-corrected chi connectivity index (χ3v) is 7.54. The third-order valence-electron chi connectivity index (χ3n) is 7.54. The molecular weight excluding hydrogens is 501 g/mol. The van der Waals surface area contributed by atoms with Crippen LogP contribution in [0, 0.1) is 5.82 Å². The number of pyridine rings is 1. The first-order valence-electron chi connectivity index (χ1n) is 12.9. The van der Waals surface area contributed by atoms with Gasteiger partial charge in [0.15, 0.2) is 0 Å². The Kier molecular flexibility index (Phi) is 5.29. The molecular formula is C29H24FN5O4. The minimum Gasteiger partial charge on any atom is -0.477 e. The number of furan rings is 1. The van der Waals surface area contributed by atoms with E-state index in [1.165, 1.54) is 35.6 Å². The quantitative estimate of drug-likeness (QED) is 0.274. The van der Waals surface area contributed by atoms with Crippen molar-refractivity contribution >= 4 is 44.8 Å². The zero-order valence-electron chi connectivity index (χ0n) is 20.8. The highest BCUT2D eigenvalue weighted by Gasteiger charge is 2.29. The number of aromatic carboxylic acids is 1. The lowest BCUT2D eigenvalue weighted by Gasteiger charge is -2.25. The minimum absolute atomic E-state index is 0.122. The molecule has 0 spiro atoms. The molecule has 5 heterocycles. The summed E-state index contributed by atoms with van der Waals surface area (Å²) in [6.45, 7) is 2.04. The van der Waals surface area contributed by atoms with Crippen molar-refractivity contribution in [3.05, 3.63) is 82.4 Å². The van der Waals surface area contributed by atoms with Gasteiger partial charge in [-0.05, 0) is 61.2 Å². The molecule has 196 valence electrons. The molecule has 1 aliphatic heterocycles. The van der Waals surface area contributed by atoms with Gasteiger partial charge in [-0.25, -0.2) is 14.2 Å². The Balaban J connectivity index is 1.43. The number of carboxylic acids is 1. The molecule has 1 fully saturated rings. The number of piperidine rings is 1. The summed E-state index contributed by atoms with van der Waals surface area (Å²) in [5.74, 6) is -0.947. The molecule has 9 nitrogen and oxygen atoms in total. The van der Waals surface area contributed by atoms with Crippen LogP contribution < -0.4 is 10.5 Å². The number of fused-ring (bicyclic) bond motifs is 4. The maximum Gasteiger partial charge on any atom is 0.353 e. The van der Waals surface area contributed by atoms with E-state index >= 15 is 4.39 Å². The van der Waals surface area contributed by atoms with Crippen LogP contribution in [0.2, 0.25) is 0 Å². The number of carbonyl (C=O) groups is 1. The van der Waals surface area contributed by atoms with E-state index in [9.17, 15) is 14.7 Å². The molecule has 0 saturated carbocycles. The minimum atomic E-state index is -1.24. The molecule has 0 amide bonds. The average Bonchev–Trinajstić information content (AvgIpc) is 3.66. The van der Waals surface area contributed by atoms with Gasteiger partial charge in [-0.2, -0.15) is 0 Å². The van der Waals surface area contributed by atoms with E-state index in [0.29, 0.717) is 10.9 Å². The second kappa shape index (κ2) is 8.87. The summed E-state index contributed by atoms with van der Waals surface area (Å²) in [5.41, 5.74) is 2.74. The third kappa shape index (κ3) is 3.70. The molecule has 7 rings (SSSR count). The van der Waals surface area contributed by atoms with Gasteiger partial charge in [0.1, 0.15) is 17.1 Å².